The molecular formula is C5H6NOY-. The summed E-state index contributed by atoms with van der Waals surface area (Å²) >= 11 is 0. The Bertz CT molecular complexity index is 111. The van der Waals surface area contributed by atoms with Crippen LogP contribution in [-0.4, -0.2) is 5.91 Å². The number of amides is 1. The van der Waals surface area contributed by atoms with Gasteiger partial charge in [-0.25, -0.2) is 6.54 Å². The maximum atomic E-state index is 10.2. The van der Waals surface area contributed by atoms with Crippen LogP contribution in [0.15, 0.2) is 12.2 Å². The van der Waals surface area contributed by atoms with Crippen molar-refractivity contribution < 1.29 is 37.5 Å². The summed E-state index contributed by atoms with van der Waals surface area (Å²) in [6.45, 7) is 1.72. The van der Waals surface area contributed by atoms with Gasteiger partial charge in [0.05, 0.1) is 0 Å². The first-order valence-corrected chi connectivity index (χ1v) is 2.18. The van der Waals surface area contributed by atoms with Crippen molar-refractivity contribution in [1.29, 1.82) is 0 Å². The van der Waals surface area contributed by atoms with E-state index < -0.39 is 0 Å². The Kier molecular flexibility index (Phi) is 4.38. The standard InChI is InChI=1S/C5H6NO.Y/c7-5-3-1-2-4-6-5;/h1,3-4H,2H2,(H,6,7);/q-1;. The van der Waals surface area contributed by atoms with Crippen molar-refractivity contribution in [2.24, 2.45) is 0 Å². The molecule has 0 spiro atoms. The Balaban J connectivity index is 0.000000490. The van der Waals surface area contributed by atoms with Gasteiger partial charge in [0, 0.05) is 32.7 Å². The summed E-state index contributed by atoms with van der Waals surface area (Å²) in [4.78, 5) is 10.2. The van der Waals surface area contributed by atoms with Crippen molar-refractivity contribution in [1.82, 2.24) is 5.32 Å². The summed E-state index contributed by atoms with van der Waals surface area (Å²) in [7, 11) is 0. The first-order valence-electron chi connectivity index (χ1n) is 2.18. The fourth-order valence-corrected chi connectivity index (χ4v) is 0.451. The normalized spacial score (nSPS) is 16.8. The second-order valence-electron chi connectivity index (χ2n) is 1.35. The molecule has 0 aromatic rings. The van der Waals surface area contributed by atoms with E-state index in [1.54, 1.807) is 6.54 Å². The molecule has 0 aromatic heterocycles. The Hall–Kier alpha value is 0.314. The molecule has 1 heterocycles. The second kappa shape index (κ2) is 4.22. The molecule has 0 atom stereocenters. The molecular weight excluding hydrogens is 179 g/mol. The molecule has 1 aliphatic heterocycles. The Morgan fingerprint density at radius 3 is 2.75 bits per heavy atom. The van der Waals surface area contributed by atoms with Crippen LogP contribution in [0.25, 0.3) is 0 Å². The van der Waals surface area contributed by atoms with E-state index in [0.717, 1.165) is 6.42 Å². The van der Waals surface area contributed by atoms with E-state index in [9.17, 15) is 4.79 Å². The Morgan fingerprint density at radius 1 is 1.75 bits per heavy atom. The van der Waals surface area contributed by atoms with Gasteiger partial charge in [-0.1, -0.05) is 0 Å². The van der Waals surface area contributed by atoms with Crippen molar-refractivity contribution in [3.8, 4) is 0 Å². The van der Waals surface area contributed by atoms with Crippen molar-refractivity contribution in [2.75, 3.05) is 0 Å². The smallest absolute Gasteiger partial charge is 0.214 e. The molecule has 0 saturated carbocycles. The number of carbonyl (C=O) groups is 1. The number of carbonyl (C=O) groups excluding carboxylic acids is 1. The molecule has 1 radical (unpaired) electrons. The molecule has 1 N–H and O–H groups in total. The van der Waals surface area contributed by atoms with Crippen LogP contribution in [0.2, 0.25) is 0 Å². The second-order valence-corrected chi connectivity index (χ2v) is 1.35. The van der Waals surface area contributed by atoms with Crippen LogP contribution in [0.4, 0.5) is 0 Å². The number of hydrogen-bond acceptors (Lipinski definition) is 1. The third-order valence-electron chi connectivity index (χ3n) is 0.767. The van der Waals surface area contributed by atoms with Gasteiger partial charge in [-0.15, -0.1) is 12.5 Å². The van der Waals surface area contributed by atoms with Gasteiger partial charge in [0.15, 0.2) is 0 Å². The third kappa shape index (κ3) is 2.58. The first kappa shape index (κ1) is 8.31. The predicted octanol–water partition coefficient (Wildman–Crippen LogP) is 0.222. The third-order valence-corrected chi connectivity index (χ3v) is 0.767. The number of hydrogen-bond donors (Lipinski definition) is 1. The summed E-state index contributed by atoms with van der Waals surface area (Å²) in [5.74, 6) is -0.0220. The maximum absolute atomic E-state index is 10.2. The van der Waals surface area contributed by atoms with Crippen LogP contribution in [0.1, 0.15) is 6.42 Å². The summed E-state index contributed by atoms with van der Waals surface area (Å²) < 4.78 is 0. The van der Waals surface area contributed by atoms with Crippen molar-refractivity contribution in [2.45, 2.75) is 6.42 Å². The maximum Gasteiger partial charge on any atom is 0.214 e. The van der Waals surface area contributed by atoms with E-state index >= 15 is 0 Å². The van der Waals surface area contributed by atoms with Gasteiger partial charge >= 0.3 is 0 Å². The van der Waals surface area contributed by atoms with E-state index in [2.05, 4.69) is 5.32 Å². The van der Waals surface area contributed by atoms with Gasteiger partial charge in [-0.2, -0.15) is 0 Å². The topological polar surface area (TPSA) is 29.1 Å². The zero-order valence-electron chi connectivity index (χ0n) is 4.42. The molecule has 1 amide bonds. The number of nitrogens with one attached hydrogen (secondary N) is 1. The van der Waals surface area contributed by atoms with Crippen LogP contribution in [0.5, 0.6) is 0 Å². The molecule has 0 bridgehead atoms. The largest absolute Gasteiger partial charge is 0.502 e. The molecule has 2 nitrogen and oxygen atoms in total. The van der Waals surface area contributed by atoms with Gasteiger partial charge < -0.3 is 5.32 Å². The SMILES string of the molecule is O=C1C=CC[CH-]N1.[Y]. The zero-order valence-corrected chi connectivity index (χ0v) is 7.26. The minimum absolute atomic E-state index is 0. The molecule has 8 heavy (non-hydrogen) atoms. The van der Waals surface area contributed by atoms with Gasteiger partial charge in [-0.05, 0) is 6.08 Å². The van der Waals surface area contributed by atoms with E-state index in [1.807, 2.05) is 6.08 Å². The summed E-state index contributed by atoms with van der Waals surface area (Å²) in [6.07, 6.45) is 4.20. The van der Waals surface area contributed by atoms with Crippen LogP contribution >= 0.6 is 0 Å². The van der Waals surface area contributed by atoms with E-state index in [-0.39, 0.29) is 38.6 Å². The molecule has 3 heteroatoms. The summed E-state index contributed by atoms with van der Waals surface area (Å²) in [5, 5.41) is 2.53. The zero-order chi connectivity index (χ0) is 5.11. The fourth-order valence-electron chi connectivity index (χ4n) is 0.451. The van der Waals surface area contributed by atoms with Gasteiger partial charge in [0.2, 0.25) is 5.91 Å². The van der Waals surface area contributed by atoms with Crippen LogP contribution in [0.3, 0.4) is 0 Å². The van der Waals surface area contributed by atoms with Crippen molar-refractivity contribution in [3.05, 3.63) is 18.7 Å². The van der Waals surface area contributed by atoms with Gasteiger partial charge in [0.25, 0.3) is 0 Å². The molecule has 0 aliphatic carbocycles. The van der Waals surface area contributed by atoms with E-state index in [4.69, 9.17) is 0 Å². The Morgan fingerprint density at radius 2 is 2.50 bits per heavy atom. The molecule has 0 aromatic carbocycles. The average molecular weight is 185 g/mol. The monoisotopic (exact) mass is 185 g/mol. The molecule has 1 rings (SSSR count). The van der Waals surface area contributed by atoms with Gasteiger partial charge in [0.1, 0.15) is 0 Å². The minimum atomic E-state index is -0.0220. The molecule has 41 valence electrons. The van der Waals surface area contributed by atoms with E-state index in [0.29, 0.717) is 0 Å². The van der Waals surface area contributed by atoms with Crippen molar-refractivity contribution >= 4 is 5.91 Å². The Labute approximate surface area is 73.6 Å². The average Bonchev–Trinajstić information content (AvgIpc) is 1.69. The fraction of sp³-hybridized carbons (Fsp3) is 0.200. The van der Waals surface area contributed by atoms with Crippen LogP contribution in [0, 0.1) is 6.54 Å². The van der Waals surface area contributed by atoms with E-state index in [1.165, 1.54) is 6.08 Å². The summed E-state index contributed by atoms with van der Waals surface area (Å²) in [5.41, 5.74) is 0. The van der Waals surface area contributed by atoms with Gasteiger partial charge in [-0.3, -0.25) is 4.79 Å². The molecule has 0 fully saturated rings. The van der Waals surface area contributed by atoms with Crippen molar-refractivity contribution in [3.63, 3.8) is 0 Å². The first-order chi connectivity index (χ1) is 3.39. The molecule has 0 unspecified atom stereocenters. The van der Waals surface area contributed by atoms with Crippen LogP contribution < -0.4 is 5.32 Å². The predicted molar refractivity (Wildman–Crippen MR) is 26.2 cm³/mol. The van der Waals surface area contributed by atoms with Crippen LogP contribution in [-0.2, 0) is 37.5 Å². The molecule has 1 aliphatic rings. The minimum Gasteiger partial charge on any atom is -0.502 e. The summed E-state index contributed by atoms with van der Waals surface area (Å²) in [6, 6.07) is 0. The number of rotatable bonds is 0. The quantitative estimate of drug-likeness (QED) is 0.537. The molecule has 0 saturated heterocycles.